The normalized spacial score (nSPS) is 27.0. The number of hydrogen-bond acceptors (Lipinski definition) is 7. The lowest BCUT2D eigenvalue weighted by atomic mass is 9.93. The van der Waals surface area contributed by atoms with E-state index in [0.29, 0.717) is 24.5 Å². The van der Waals surface area contributed by atoms with Crippen molar-refractivity contribution in [1.82, 2.24) is 14.9 Å². The number of fused-ring (bicyclic) bond motifs is 4. The van der Waals surface area contributed by atoms with E-state index in [9.17, 15) is 15.0 Å². The molecule has 7 nitrogen and oxygen atoms in total. The average molecular weight is 468 g/mol. The third-order valence-electron chi connectivity index (χ3n) is 6.58. The number of thioether (sulfide) groups is 1. The Kier molecular flexibility index (Phi) is 4.95. The summed E-state index contributed by atoms with van der Waals surface area (Å²) in [5, 5.41) is 24.5. The Bertz CT molecular complexity index is 1200. The molecule has 1 amide bonds. The van der Waals surface area contributed by atoms with Gasteiger partial charge >= 0.3 is 0 Å². The molecule has 3 atom stereocenters. The largest absolute Gasteiger partial charge is 0.507 e. The van der Waals surface area contributed by atoms with Crippen LogP contribution in [0.5, 0.6) is 0 Å². The zero-order valence-corrected chi connectivity index (χ0v) is 18.4. The lowest BCUT2D eigenvalue weighted by Crippen LogP contribution is -2.67. The molecule has 2 N–H and O–H groups in total. The van der Waals surface area contributed by atoms with Crippen molar-refractivity contribution in [2.24, 2.45) is 0 Å². The molecular formula is C24H22FN3O4S. The van der Waals surface area contributed by atoms with Crippen LogP contribution in [0.3, 0.4) is 0 Å². The third kappa shape index (κ3) is 3.11. The van der Waals surface area contributed by atoms with Gasteiger partial charge in [-0.2, -0.15) is 5.01 Å². The average Bonchev–Trinajstić information content (AvgIpc) is 3.00. The number of aliphatic hydroxyl groups is 2. The van der Waals surface area contributed by atoms with Crippen molar-refractivity contribution < 1.29 is 24.1 Å². The molecule has 2 fully saturated rings. The Hall–Kier alpha value is -2.85. The van der Waals surface area contributed by atoms with Gasteiger partial charge in [-0.25, -0.2) is 4.39 Å². The minimum atomic E-state index is -1.26. The molecule has 4 heterocycles. The van der Waals surface area contributed by atoms with E-state index < -0.39 is 24.1 Å². The molecule has 170 valence electrons. The molecule has 2 aromatic carbocycles. The number of benzene rings is 2. The summed E-state index contributed by atoms with van der Waals surface area (Å²) in [5.41, 5.74) is 2.39. The van der Waals surface area contributed by atoms with E-state index >= 15 is 4.39 Å². The number of nitrogens with zero attached hydrogens (tertiary/aromatic N) is 3. The Morgan fingerprint density at radius 2 is 1.94 bits per heavy atom. The van der Waals surface area contributed by atoms with Crippen LogP contribution in [0.2, 0.25) is 0 Å². The highest BCUT2D eigenvalue weighted by atomic mass is 32.2. The van der Waals surface area contributed by atoms with Crippen molar-refractivity contribution in [2.75, 3.05) is 19.8 Å². The van der Waals surface area contributed by atoms with E-state index in [1.165, 1.54) is 12.1 Å². The Balaban J connectivity index is 1.61. The van der Waals surface area contributed by atoms with Crippen LogP contribution >= 0.6 is 11.8 Å². The number of carbonyl (C=O) groups excluding carboxylic acids is 1. The number of hydrogen-bond donors (Lipinski definition) is 2. The van der Waals surface area contributed by atoms with Gasteiger partial charge in [0.25, 0.3) is 5.91 Å². The van der Waals surface area contributed by atoms with Gasteiger partial charge in [0.05, 0.1) is 19.3 Å². The second-order valence-corrected chi connectivity index (χ2v) is 9.35. The van der Waals surface area contributed by atoms with E-state index in [0.717, 1.165) is 16.0 Å². The summed E-state index contributed by atoms with van der Waals surface area (Å²) in [6.07, 6.45) is 1.30. The van der Waals surface area contributed by atoms with E-state index in [-0.39, 0.29) is 24.0 Å². The number of morpholine rings is 1. The van der Waals surface area contributed by atoms with Gasteiger partial charge < -0.3 is 19.8 Å². The molecule has 9 heteroatoms. The zero-order valence-electron chi connectivity index (χ0n) is 17.6. The van der Waals surface area contributed by atoms with Gasteiger partial charge in [-0.1, -0.05) is 30.3 Å². The van der Waals surface area contributed by atoms with Crippen molar-refractivity contribution in [2.45, 2.75) is 29.0 Å². The number of hydrazine groups is 1. The topological polar surface area (TPSA) is 76.5 Å². The molecule has 0 aliphatic carbocycles. The smallest absolute Gasteiger partial charge is 0.277 e. The highest BCUT2D eigenvalue weighted by Crippen LogP contribution is 2.47. The van der Waals surface area contributed by atoms with Gasteiger partial charge in [-0.05, 0) is 29.3 Å². The maximum absolute atomic E-state index is 15.0. The second kappa shape index (κ2) is 7.88. The fourth-order valence-electron chi connectivity index (χ4n) is 5.03. The highest BCUT2D eigenvalue weighted by molar-refractivity contribution is 7.98. The van der Waals surface area contributed by atoms with Gasteiger partial charge in [0, 0.05) is 29.0 Å². The molecule has 0 spiro atoms. The Labute approximate surface area is 194 Å². The number of aliphatic hydroxyl groups excluding tert-OH is 2. The van der Waals surface area contributed by atoms with Gasteiger partial charge in [0.15, 0.2) is 11.5 Å². The highest BCUT2D eigenvalue weighted by Gasteiger charge is 2.50. The molecule has 2 saturated heterocycles. The van der Waals surface area contributed by atoms with Crippen LogP contribution in [0.15, 0.2) is 71.1 Å². The maximum atomic E-state index is 15.0. The van der Waals surface area contributed by atoms with E-state index in [4.69, 9.17) is 4.74 Å². The molecule has 6 rings (SSSR count). The minimum absolute atomic E-state index is 0.00971. The summed E-state index contributed by atoms with van der Waals surface area (Å²) in [6, 6.07) is 12.6. The summed E-state index contributed by atoms with van der Waals surface area (Å²) in [5.74, 6) is -0.550. The van der Waals surface area contributed by atoms with Gasteiger partial charge in [-0.15, -0.1) is 11.8 Å². The summed E-state index contributed by atoms with van der Waals surface area (Å²) in [6.45, 7) is 0.998. The van der Waals surface area contributed by atoms with Crippen LogP contribution in [0, 0.1) is 5.82 Å². The maximum Gasteiger partial charge on any atom is 0.277 e. The zero-order chi connectivity index (χ0) is 22.7. The van der Waals surface area contributed by atoms with Crippen LogP contribution in [-0.4, -0.2) is 63.1 Å². The first-order chi connectivity index (χ1) is 16.1. The van der Waals surface area contributed by atoms with E-state index in [1.807, 2.05) is 35.3 Å². The van der Waals surface area contributed by atoms with Crippen molar-refractivity contribution in [3.05, 3.63) is 88.7 Å². The van der Waals surface area contributed by atoms with Crippen LogP contribution in [0.1, 0.15) is 22.7 Å². The lowest BCUT2D eigenvalue weighted by Gasteiger charge is -2.55. The van der Waals surface area contributed by atoms with Crippen molar-refractivity contribution >= 4 is 17.7 Å². The molecule has 0 saturated carbocycles. The number of halogens is 1. The molecule has 1 unspecified atom stereocenters. The predicted molar refractivity (Wildman–Crippen MR) is 119 cm³/mol. The summed E-state index contributed by atoms with van der Waals surface area (Å²) >= 11 is 1.58. The van der Waals surface area contributed by atoms with Gasteiger partial charge in [0.2, 0.25) is 0 Å². The van der Waals surface area contributed by atoms with Crippen LogP contribution < -0.4 is 0 Å². The molecule has 4 aliphatic heterocycles. The predicted octanol–water partition coefficient (Wildman–Crippen LogP) is 2.90. The number of carbonyl (C=O) groups is 1. The van der Waals surface area contributed by atoms with E-state index in [2.05, 4.69) is 0 Å². The molecule has 0 bridgehead atoms. The summed E-state index contributed by atoms with van der Waals surface area (Å²) < 4.78 is 20.8. The molecular weight excluding hydrogens is 445 g/mol. The SMILES string of the molecule is O=C1C2=C(O)C(O)C=CN2N([C@@H]2c3ccccc3SCc3c(F)cccc32)[C@@H]2COCCN12. The molecule has 0 radical (unpaired) electrons. The summed E-state index contributed by atoms with van der Waals surface area (Å²) in [4.78, 5) is 16.1. The van der Waals surface area contributed by atoms with Crippen molar-refractivity contribution in [3.63, 3.8) is 0 Å². The first kappa shape index (κ1) is 20.7. The third-order valence-corrected chi connectivity index (χ3v) is 7.70. The first-order valence-electron chi connectivity index (χ1n) is 10.8. The fraction of sp³-hybridized carbons (Fsp3) is 0.292. The first-order valence-corrected chi connectivity index (χ1v) is 11.8. The number of amides is 1. The van der Waals surface area contributed by atoms with E-state index in [1.54, 1.807) is 33.9 Å². The fourth-order valence-corrected chi connectivity index (χ4v) is 6.16. The monoisotopic (exact) mass is 467 g/mol. The molecule has 2 aromatic rings. The van der Waals surface area contributed by atoms with Crippen molar-refractivity contribution in [1.29, 1.82) is 0 Å². The standard InChI is InChI=1S/C24H22FN3O4S/c25-17-6-3-5-14-16(17)13-33-19-7-2-1-4-15(19)21(14)28-20-12-32-11-10-26(20)24(31)22-23(30)18(29)8-9-27(22)28/h1-9,18,20-21,29-30H,10-13H2/t18?,20-,21+/m1/s1. The van der Waals surface area contributed by atoms with Crippen LogP contribution in [-0.2, 0) is 15.3 Å². The summed E-state index contributed by atoms with van der Waals surface area (Å²) in [7, 11) is 0. The van der Waals surface area contributed by atoms with Gasteiger partial charge in [0.1, 0.15) is 18.1 Å². The Morgan fingerprint density at radius 3 is 2.82 bits per heavy atom. The lowest BCUT2D eigenvalue weighted by molar-refractivity contribution is -0.190. The molecule has 0 aromatic heterocycles. The minimum Gasteiger partial charge on any atom is -0.507 e. The quantitative estimate of drug-likeness (QED) is 0.668. The number of rotatable bonds is 1. The van der Waals surface area contributed by atoms with Crippen LogP contribution in [0.4, 0.5) is 4.39 Å². The number of ether oxygens (including phenoxy) is 1. The Morgan fingerprint density at radius 1 is 1.12 bits per heavy atom. The molecule has 33 heavy (non-hydrogen) atoms. The van der Waals surface area contributed by atoms with Crippen LogP contribution in [0.25, 0.3) is 0 Å². The van der Waals surface area contributed by atoms with Gasteiger partial charge in [-0.3, -0.25) is 9.80 Å². The van der Waals surface area contributed by atoms with Crippen molar-refractivity contribution in [3.8, 4) is 0 Å². The second-order valence-electron chi connectivity index (χ2n) is 8.34. The molecule has 4 aliphatic rings.